The standard InChI is InChI=1S/C22H15ClN2O/c23-19-13-11-17(12-14-19)20-22(24-15-16-7-3-1-4-8-16)26-21(25-20)18-9-5-2-6-10-18/h1-15H/b24-15+. The number of oxazole rings is 1. The number of hydrogen-bond donors (Lipinski definition) is 0. The zero-order valence-electron chi connectivity index (χ0n) is 13.8. The van der Waals surface area contributed by atoms with Crippen LogP contribution in [0.2, 0.25) is 5.02 Å². The fourth-order valence-corrected chi connectivity index (χ4v) is 2.70. The first-order chi connectivity index (χ1) is 12.8. The van der Waals surface area contributed by atoms with Gasteiger partial charge in [0.25, 0.3) is 0 Å². The summed E-state index contributed by atoms with van der Waals surface area (Å²) in [6, 6.07) is 27.2. The van der Waals surface area contributed by atoms with Gasteiger partial charge in [0.1, 0.15) is 5.69 Å². The van der Waals surface area contributed by atoms with E-state index in [0.717, 1.165) is 16.7 Å². The van der Waals surface area contributed by atoms with E-state index in [9.17, 15) is 0 Å². The fraction of sp³-hybridized carbons (Fsp3) is 0. The molecule has 1 heterocycles. The Labute approximate surface area is 156 Å². The highest BCUT2D eigenvalue weighted by atomic mass is 35.5. The molecule has 0 aliphatic heterocycles. The van der Waals surface area contributed by atoms with Gasteiger partial charge in [-0.15, -0.1) is 0 Å². The monoisotopic (exact) mass is 358 g/mol. The Morgan fingerprint density at radius 2 is 1.42 bits per heavy atom. The van der Waals surface area contributed by atoms with Gasteiger partial charge in [-0.05, 0) is 29.8 Å². The van der Waals surface area contributed by atoms with Gasteiger partial charge >= 0.3 is 0 Å². The Morgan fingerprint density at radius 3 is 2.12 bits per heavy atom. The van der Waals surface area contributed by atoms with Crippen LogP contribution in [0.5, 0.6) is 0 Å². The molecule has 126 valence electrons. The molecule has 4 aromatic rings. The third-order valence-corrected chi connectivity index (χ3v) is 4.13. The minimum absolute atomic E-state index is 0.468. The smallest absolute Gasteiger partial charge is 0.248 e. The predicted molar refractivity (Wildman–Crippen MR) is 106 cm³/mol. The molecule has 0 spiro atoms. The molecule has 0 N–H and O–H groups in total. The van der Waals surface area contributed by atoms with Crippen molar-refractivity contribution in [2.24, 2.45) is 4.99 Å². The molecule has 0 fully saturated rings. The van der Waals surface area contributed by atoms with Crippen LogP contribution in [0.1, 0.15) is 5.56 Å². The van der Waals surface area contributed by atoms with Crippen molar-refractivity contribution in [3.05, 3.63) is 95.5 Å². The average Bonchev–Trinajstić information content (AvgIpc) is 3.13. The number of nitrogens with zero attached hydrogens (tertiary/aromatic N) is 2. The molecule has 0 atom stereocenters. The lowest BCUT2D eigenvalue weighted by Gasteiger charge is -1.97. The van der Waals surface area contributed by atoms with Crippen LogP contribution in [0.25, 0.3) is 22.7 Å². The molecule has 0 aliphatic carbocycles. The molecule has 4 rings (SSSR count). The summed E-state index contributed by atoms with van der Waals surface area (Å²) in [5, 5.41) is 0.676. The van der Waals surface area contributed by atoms with Gasteiger partial charge in [0.05, 0.1) is 0 Å². The second-order valence-corrected chi connectivity index (χ2v) is 6.15. The van der Waals surface area contributed by atoms with Crippen molar-refractivity contribution in [1.82, 2.24) is 4.98 Å². The molecule has 3 nitrogen and oxygen atoms in total. The van der Waals surface area contributed by atoms with Gasteiger partial charge in [-0.25, -0.2) is 9.98 Å². The van der Waals surface area contributed by atoms with Crippen molar-refractivity contribution < 1.29 is 4.42 Å². The highest BCUT2D eigenvalue weighted by Crippen LogP contribution is 2.35. The lowest BCUT2D eigenvalue weighted by molar-refractivity contribution is 0.585. The van der Waals surface area contributed by atoms with Crippen LogP contribution < -0.4 is 0 Å². The fourth-order valence-electron chi connectivity index (χ4n) is 2.57. The maximum absolute atomic E-state index is 6.01. The molecule has 0 saturated heterocycles. The molecule has 0 amide bonds. The summed E-state index contributed by atoms with van der Waals surface area (Å²) in [4.78, 5) is 9.20. The Morgan fingerprint density at radius 1 is 0.769 bits per heavy atom. The Hall–Kier alpha value is -3.17. The summed E-state index contributed by atoms with van der Waals surface area (Å²) in [5.41, 5.74) is 3.49. The van der Waals surface area contributed by atoms with Crippen LogP contribution in [0.15, 0.2) is 94.3 Å². The van der Waals surface area contributed by atoms with Gasteiger partial charge < -0.3 is 4.42 Å². The SMILES string of the molecule is Clc1ccc(-c2nc(-c3ccccc3)oc2/N=C/c2ccccc2)cc1. The zero-order chi connectivity index (χ0) is 17.8. The van der Waals surface area contributed by atoms with Crippen molar-refractivity contribution in [2.45, 2.75) is 0 Å². The molecule has 0 saturated carbocycles. The summed E-state index contributed by atoms with van der Waals surface area (Å²) in [5.74, 6) is 1.01. The van der Waals surface area contributed by atoms with Gasteiger partial charge in [0.2, 0.25) is 11.8 Å². The summed E-state index contributed by atoms with van der Waals surface area (Å²) >= 11 is 6.01. The zero-order valence-corrected chi connectivity index (χ0v) is 14.6. The summed E-state index contributed by atoms with van der Waals surface area (Å²) in [6.45, 7) is 0. The highest BCUT2D eigenvalue weighted by molar-refractivity contribution is 6.30. The number of hydrogen-bond acceptors (Lipinski definition) is 3. The second kappa shape index (κ2) is 7.38. The molecule has 0 unspecified atom stereocenters. The van der Waals surface area contributed by atoms with E-state index in [1.54, 1.807) is 6.21 Å². The lowest BCUT2D eigenvalue weighted by atomic mass is 10.1. The molecule has 0 bridgehead atoms. The van der Waals surface area contributed by atoms with Crippen LogP contribution in [-0.4, -0.2) is 11.2 Å². The summed E-state index contributed by atoms with van der Waals surface area (Å²) < 4.78 is 5.97. The molecule has 4 heteroatoms. The molecule has 1 aromatic heterocycles. The van der Waals surface area contributed by atoms with E-state index in [4.69, 9.17) is 16.0 Å². The van der Waals surface area contributed by atoms with Gasteiger partial charge in [-0.3, -0.25) is 0 Å². The van der Waals surface area contributed by atoms with Gasteiger partial charge in [-0.2, -0.15) is 0 Å². The minimum Gasteiger partial charge on any atom is -0.418 e. The summed E-state index contributed by atoms with van der Waals surface area (Å²) in [7, 11) is 0. The number of aliphatic imine (C=N–C) groups is 1. The van der Waals surface area contributed by atoms with E-state index in [-0.39, 0.29) is 0 Å². The van der Waals surface area contributed by atoms with Crippen LogP contribution in [0.3, 0.4) is 0 Å². The quantitative estimate of drug-likeness (QED) is 0.395. The first-order valence-electron chi connectivity index (χ1n) is 8.21. The van der Waals surface area contributed by atoms with Crippen LogP contribution in [0.4, 0.5) is 5.88 Å². The van der Waals surface area contributed by atoms with Crippen LogP contribution in [-0.2, 0) is 0 Å². The molecule has 0 aliphatic rings. The molecular formula is C22H15ClN2O. The lowest BCUT2D eigenvalue weighted by Crippen LogP contribution is -1.81. The van der Waals surface area contributed by atoms with Crippen molar-refractivity contribution in [3.63, 3.8) is 0 Å². The van der Waals surface area contributed by atoms with E-state index in [1.165, 1.54) is 0 Å². The van der Waals surface area contributed by atoms with E-state index in [2.05, 4.69) is 9.98 Å². The first-order valence-corrected chi connectivity index (χ1v) is 8.59. The Kier molecular flexibility index (Phi) is 4.63. The molecule has 3 aromatic carbocycles. The molecule has 26 heavy (non-hydrogen) atoms. The topological polar surface area (TPSA) is 38.4 Å². The van der Waals surface area contributed by atoms with Crippen molar-refractivity contribution in [1.29, 1.82) is 0 Å². The second-order valence-electron chi connectivity index (χ2n) is 5.71. The van der Waals surface area contributed by atoms with Crippen LogP contribution in [0, 0.1) is 0 Å². The van der Waals surface area contributed by atoms with E-state index < -0.39 is 0 Å². The normalized spacial score (nSPS) is 11.1. The highest BCUT2D eigenvalue weighted by Gasteiger charge is 2.15. The minimum atomic E-state index is 0.468. The molecule has 0 radical (unpaired) electrons. The van der Waals surface area contributed by atoms with E-state index in [0.29, 0.717) is 22.5 Å². The van der Waals surface area contributed by atoms with Crippen molar-refractivity contribution in [2.75, 3.05) is 0 Å². The van der Waals surface area contributed by atoms with E-state index in [1.807, 2.05) is 84.9 Å². The van der Waals surface area contributed by atoms with Crippen LogP contribution >= 0.6 is 11.6 Å². The van der Waals surface area contributed by atoms with Crippen molar-refractivity contribution >= 4 is 23.7 Å². The Bertz CT molecular complexity index is 1020. The maximum atomic E-state index is 6.01. The third-order valence-electron chi connectivity index (χ3n) is 3.88. The predicted octanol–water partition coefficient (Wildman–Crippen LogP) is 6.41. The first kappa shape index (κ1) is 16.3. The molecular weight excluding hydrogens is 344 g/mol. The Balaban J connectivity index is 1.79. The number of rotatable bonds is 4. The van der Waals surface area contributed by atoms with Crippen molar-refractivity contribution in [3.8, 4) is 22.7 Å². The van der Waals surface area contributed by atoms with Gasteiger partial charge in [-0.1, -0.05) is 72.3 Å². The average molecular weight is 359 g/mol. The third kappa shape index (κ3) is 3.58. The number of aromatic nitrogens is 1. The van der Waals surface area contributed by atoms with E-state index >= 15 is 0 Å². The largest absolute Gasteiger partial charge is 0.418 e. The number of benzene rings is 3. The maximum Gasteiger partial charge on any atom is 0.248 e. The van der Waals surface area contributed by atoms with Gasteiger partial charge in [0.15, 0.2) is 0 Å². The summed E-state index contributed by atoms with van der Waals surface area (Å²) in [6.07, 6.45) is 1.77. The van der Waals surface area contributed by atoms with Gasteiger partial charge in [0, 0.05) is 22.4 Å². The number of halogens is 1.